The van der Waals surface area contributed by atoms with Gasteiger partial charge in [0.2, 0.25) is 5.91 Å². The molecule has 4 nitrogen and oxygen atoms in total. The molecule has 0 saturated heterocycles. The lowest BCUT2D eigenvalue weighted by Gasteiger charge is -2.08. The number of hydrogen-bond acceptors (Lipinski definition) is 3. The first-order chi connectivity index (χ1) is 10.2. The van der Waals surface area contributed by atoms with Crippen LogP contribution in [0, 0.1) is 18.3 Å². The van der Waals surface area contributed by atoms with Crippen LogP contribution >= 0.6 is 0 Å². The Hall–Kier alpha value is -2.80. The van der Waals surface area contributed by atoms with Crippen molar-refractivity contribution in [3.05, 3.63) is 59.7 Å². The van der Waals surface area contributed by atoms with Crippen LogP contribution in [-0.2, 0) is 4.79 Å². The van der Waals surface area contributed by atoms with Gasteiger partial charge in [0.1, 0.15) is 0 Å². The molecule has 21 heavy (non-hydrogen) atoms. The van der Waals surface area contributed by atoms with Crippen LogP contribution in [0.5, 0.6) is 0 Å². The van der Waals surface area contributed by atoms with Crippen LogP contribution in [0.4, 0.5) is 11.4 Å². The van der Waals surface area contributed by atoms with E-state index >= 15 is 0 Å². The maximum absolute atomic E-state index is 11.8. The van der Waals surface area contributed by atoms with Crippen LogP contribution in [0.3, 0.4) is 0 Å². The van der Waals surface area contributed by atoms with Crippen LogP contribution in [0.25, 0.3) is 0 Å². The molecule has 2 aromatic rings. The number of hydrogen-bond donors (Lipinski definition) is 2. The van der Waals surface area contributed by atoms with E-state index in [-0.39, 0.29) is 5.91 Å². The lowest BCUT2D eigenvalue weighted by Crippen LogP contribution is -2.16. The van der Waals surface area contributed by atoms with E-state index in [1.165, 1.54) is 5.56 Å². The average molecular weight is 279 g/mol. The van der Waals surface area contributed by atoms with Crippen LogP contribution < -0.4 is 10.6 Å². The maximum Gasteiger partial charge on any atom is 0.226 e. The molecular formula is C17H17N3O. The van der Waals surface area contributed by atoms with Crippen molar-refractivity contribution in [2.75, 3.05) is 17.2 Å². The number of nitrogens with zero attached hydrogens (tertiary/aromatic N) is 1. The van der Waals surface area contributed by atoms with Gasteiger partial charge in [-0.3, -0.25) is 4.79 Å². The second-order valence-corrected chi connectivity index (χ2v) is 4.79. The third-order valence-corrected chi connectivity index (χ3v) is 2.97. The standard InChI is InChI=1S/C17H17N3O/c1-13-4-2-6-15(10-13)19-9-8-17(21)20-16-7-3-5-14(11-16)12-18/h2-7,10-11,19H,8-9H2,1H3,(H,20,21). The third-order valence-electron chi connectivity index (χ3n) is 2.97. The summed E-state index contributed by atoms with van der Waals surface area (Å²) in [5.74, 6) is -0.0785. The molecule has 0 spiro atoms. The molecule has 0 atom stereocenters. The highest BCUT2D eigenvalue weighted by Crippen LogP contribution is 2.11. The highest BCUT2D eigenvalue weighted by Gasteiger charge is 2.03. The fourth-order valence-electron chi connectivity index (χ4n) is 1.97. The van der Waals surface area contributed by atoms with Gasteiger partial charge in [0.05, 0.1) is 11.6 Å². The summed E-state index contributed by atoms with van der Waals surface area (Å²) < 4.78 is 0. The zero-order valence-corrected chi connectivity index (χ0v) is 11.9. The predicted molar refractivity (Wildman–Crippen MR) is 84.1 cm³/mol. The fraction of sp³-hybridized carbons (Fsp3) is 0.176. The van der Waals surface area contributed by atoms with Gasteiger partial charge < -0.3 is 10.6 Å². The molecule has 0 aliphatic carbocycles. The molecule has 0 radical (unpaired) electrons. The Kier molecular flexibility index (Phi) is 4.94. The minimum Gasteiger partial charge on any atom is -0.385 e. The normalized spacial score (nSPS) is 9.71. The number of anilines is 2. The number of aryl methyl sites for hydroxylation is 1. The van der Waals surface area contributed by atoms with Crippen LogP contribution in [0.2, 0.25) is 0 Å². The molecule has 0 saturated carbocycles. The predicted octanol–water partition coefficient (Wildman–Crippen LogP) is 3.31. The van der Waals surface area contributed by atoms with Gasteiger partial charge in [0.15, 0.2) is 0 Å². The van der Waals surface area contributed by atoms with Crippen molar-refractivity contribution in [2.24, 2.45) is 0 Å². The third kappa shape index (κ3) is 4.66. The van der Waals surface area contributed by atoms with E-state index in [1.807, 2.05) is 37.3 Å². The summed E-state index contributed by atoms with van der Waals surface area (Å²) in [5, 5.41) is 14.8. The Morgan fingerprint density at radius 3 is 2.67 bits per heavy atom. The monoisotopic (exact) mass is 279 g/mol. The molecule has 0 fully saturated rings. The molecule has 2 N–H and O–H groups in total. The second-order valence-electron chi connectivity index (χ2n) is 4.79. The summed E-state index contributed by atoms with van der Waals surface area (Å²) in [7, 11) is 0. The molecule has 106 valence electrons. The van der Waals surface area contributed by atoms with Gasteiger partial charge in [-0.1, -0.05) is 18.2 Å². The zero-order valence-electron chi connectivity index (χ0n) is 11.9. The molecule has 2 rings (SSSR count). The van der Waals surface area contributed by atoms with E-state index in [0.29, 0.717) is 24.2 Å². The minimum atomic E-state index is -0.0785. The molecule has 0 bridgehead atoms. The van der Waals surface area contributed by atoms with Gasteiger partial charge in [0, 0.05) is 24.3 Å². The van der Waals surface area contributed by atoms with Gasteiger partial charge >= 0.3 is 0 Å². The number of nitriles is 1. The summed E-state index contributed by atoms with van der Waals surface area (Å²) in [6.07, 6.45) is 0.366. The van der Waals surface area contributed by atoms with E-state index in [1.54, 1.807) is 24.3 Å². The van der Waals surface area contributed by atoms with Gasteiger partial charge in [0.25, 0.3) is 0 Å². The van der Waals surface area contributed by atoms with Gasteiger partial charge in [-0.2, -0.15) is 5.26 Å². The first-order valence-electron chi connectivity index (χ1n) is 6.78. The van der Waals surface area contributed by atoms with Crippen molar-refractivity contribution in [2.45, 2.75) is 13.3 Å². The molecule has 0 unspecified atom stereocenters. The van der Waals surface area contributed by atoms with Crippen LogP contribution in [-0.4, -0.2) is 12.5 Å². The number of nitrogens with one attached hydrogen (secondary N) is 2. The Bertz CT molecular complexity index is 674. The van der Waals surface area contributed by atoms with Crippen molar-refractivity contribution in [1.29, 1.82) is 5.26 Å². The van der Waals surface area contributed by atoms with E-state index in [4.69, 9.17) is 5.26 Å². The smallest absolute Gasteiger partial charge is 0.226 e. The quantitative estimate of drug-likeness (QED) is 0.882. The largest absolute Gasteiger partial charge is 0.385 e. The topological polar surface area (TPSA) is 64.9 Å². The highest BCUT2D eigenvalue weighted by atomic mass is 16.1. The van der Waals surface area contributed by atoms with Crippen molar-refractivity contribution < 1.29 is 4.79 Å². The number of carbonyl (C=O) groups is 1. The SMILES string of the molecule is Cc1cccc(NCCC(=O)Nc2cccc(C#N)c2)c1. The van der Waals surface area contributed by atoms with Gasteiger partial charge in [-0.05, 0) is 42.8 Å². The fourth-order valence-corrected chi connectivity index (χ4v) is 1.97. The molecule has 1 amide bonds. The average Bonchev–Trinajstić information content (AvgIpc) is 2.47. The summed E-state index contributed by atoms with van der Waals surface area (Å²) in [5.41, 5.74) is 3.37. The van der Waals surface area contributed by atoms with Crippen molar-refractivity contribution >= 4 is 17.3 Å². The van der Waals surface area contributed by atoms with Crippen LogP contribution in [0.15, 0.2) is 48.5 Å². The molecule has 0 aromatic heterocycles. The molecular weight excluding hydrogens is 262 g/mol. The maximum atomic E-state index is 11.8. The van der Waals surface area contributed by atoms with E-state index in [9.17, 15) is 4.79 Å². The van der Waals surface area contributed by atoms with Gasteiger partial charge in [-0.25, -0.2) is 0 Å². The number of carbonyl (C=O) groups excluding carboxylic acids is 1. The molecule has 2 aromatic carbocycles. The number of amides is 1. The first-order valence-corrected chi connectivity index (χ1v) is 6.78. The van der Waals surface area contributed by atoms with E-state index in [2.05, 4.69) is 10.6 Å². The molecule has 0 heterocycles. The zero-order chi connectivity index (χ0) is 15.1. The number of rotatable bonds is 5. The van der Waals surface area contributed by atoms with E-state index < -0.39 is 0 Å². The lowest BCUT2D eigenvalue weighted by atomic mass is 10.2. The van der Waals surface area contributed by atoms with Crippen molar-refractivity contribution in [3.63, 3.8) is 0 Å². The highest BCUT2D eigenvalue weighted by molar-refractivity contribution is 5.91. The Morgan fingerprint density at radius 2 is 1.90 bits per heavy atom. The van der Waals surface area contributed by atoms with Crippen LogP contribution in [0.1, 0.15) is 17.5 Å². The Balaban J connectivity index is 1.81. The number of benzene rings is 2. The molecule has 0 aliphatic rings. The van der Waals surface area contributed by atoms with Crippen molar-refractivity contribution in [3.8, 4) is 6.07 Å². The van der Waals surface area contributed by atoms with E-state index in [0.717, 1.165) is 5.69 Å². The lowest BCUT2D eigenvalue weighted by molar-refractivity contribution is -0.115. The van der Waals surface area contributed by atoms with Crippen molar-refractivity contribution in [1.82, 2.24) is 0 Å². The molecule has 4 heteroatoms. The summed E-state index contributed by atoms with van der Waals surface area (Å²) >= 11 is 0. The molecule has 0 aliphatic heterocycles. The minimum absolute atomic E-state index is 0.0785. The second kappa shape index (κ2) is 7.11. The summed E-state index contributed by atoms with van der Waals surface area (Å²) in [6.45, 7) is 2.59. The Labute approximate surface area is 124 Å². The first kappa shape index (κ1) is 14.6. The van der Waals surface area contributed by atoms with Gasteiger partial charge in [-0.15, -0.1) is 0 Å². The Morgan fingerprint density at radius 1 is 1.14 bits per heavy atom. The summed E-state index contributed by atoms with van der Waals surface area (Å²) in [4.78, 5) is 11.8. The summed E-state index contributed by atoms with van der Waals surface area (Å²) in [6, 6.07) is 16.9.